The van der Waals surface area contributed by atoms with E-state index in [-0.39, 0.29) is 18.7 Å². The SMILES string of the molecule is O=C(O)CCC(=O)NCCc1cc(Cl)ccc1OCCc1ccccc1. The molecule has 0 saturated heterocycles. The quantitative estimate of drug-likeness (QED) is 0.666. The van der Waals surface area contributed by atoms with Gasteiger partial charge in [0.05, 0.1) is 13.0 Å². The molecule has 5 nitrogen and oxygen atoms in total. The van der Waals surface area contributed by atoms with Crippen LogP contribution in [0.5, 0.6) is 5.75 Å². The lowest BCUT2D eigenvalue weighted by Gasteiger charge is -2.13. The van der Waals surface area contributed by atoms with Crippen LogP contribution in [0.1, 0.15) is 24.0 Å². The predicted octanol–water partition coefficient (Wildman–Crippen LogP) is 3.49. The molecule has 0 aliphatic carbocycles. The van der Waals surface area contributed by atoms with Crippen LogP contribution in [0.25, 0.3) is 0 Å². The fraction of sp³-hybridized carbons (Fsp3) is 0.300. The van der Waals surface area contributed by atoms with E-state index in [2.05, 4.69) is 17.4 Å². The van der Waals surface area contributed by atoms with E-state index < -0.39 is 5.97 Å². The summed E-state index contributed by atoms with van der Waals surface area (Å²) in [4.78, 5) is 22.1. The van der Waals surface area contributed by atoms with Crippen molar-refractivity contribution in [2.24, 2.45) is 0 Å². The standard InChI is InChI=1S/C20H22ClNO4/c21-17-6-7-18(26-13-11-15-4-2-1-3-5-15)16(14-17)10-12-22-19(23)8-9-20(24)25/h1-7,14H,8-13H2,(H,22,23)(H,24,25). The first kappa shape index (κ1) is 19.8. The van der Waals surface area contributed by atoms with E-state index in [1.807, 2.05) is 30.3 Å². The Morgan fingerprint density at radius 1 is 1.04 bits per heavy atom. The zero-order chi connectivity index (χ0) is 18.8. The molecule has 2 N–H and O–H groups in total. The van der Waals surface area contributed by atoms with Crippen LogP contribution in [-0.2, 0) is 22.4 Å². The highest BCUT2D eigenvalue weighted by atomic mass is 35.5. The molecule has 26 heavy (non-hydrogen) atoms. The summed E-state index contributed by atoms with van der Waals surface area (Å²) in [7, 11) is 0. The van der Waals surface area contributed by atoms with E-state index in [0.717, 1.165) is 17.7 Å². The number of rotatable bonds is 10. The summed E-state index contributed by atoms with van der Waals surface area (Å²) in [5.41, 5.74) is 2.11. The largest absolute Gasteiger partial charge is 0.493 e. The van der Waals surface area contributed by atoms with Crippen molar-refractivity contribution in [1.29, 1.82) is 0 Å². The maximum atomic E-state index is 11.6. The molecule has 0 fully saturated rings. The summed E-state index contributed by atoms with van der Waals surface area (Å²) in [6.45, 7) is 0.942. The lowest BCUT2D eigenvalue weighted by molar-refractivity contribution is -0.138. The molecule has 0 aliphatic rings. The van der Waals surface area contributed by atoms with Gasteiger partial charge in [0.15, 0.2) is 0 Å². The van der Waals surface area contributed by atoms with E-state index >= 15 is 0 Å². The van der Waals surface area contributed by atoms with Crippen molar-refractivity contribution in [3.8, 4) is 5.75 Å². The minimum atomic E-state index is -0.982. The number of carboxylic acids is 1. The van der Waals surface area contributed by atoms with E-state index in [9.17, 15) is 9.59 Å². The van der Waals surface area contributed by atoms with Crippen LogP contribution < -0.4 is 10.1 Å². The third-order valence-electron chi connectivity index (χ3n) is 3.80. The van der Waals surface area contributed by atoms with Crippen LogP contribution >= 0.6 is 11.6 Å². The Morgan fingerprint density at radius 2 is 1.81 bits per heavy atom. The van der Waals surface area contributed by atoms with Gasteiger partial charge in [0.2, 0.25) is 5.91 Å². The van der Waals surface area contributed by atoms with Gasteiger partial charge in [0.1, 0.15) is 5.75 Å². The Bertz CT molecular complexity index is 734. The second kappa shape index (κ2) is 10.5. The molecule has 0 bridgehead atoms. The number of carbonyl (C=O) groups is 2. The van der Waals surface area contributed by atoms with Crippen LogP contribution in [0.4, 0.5) is 0 Å². The molecule has 2 aromatic rings. The van der Waals surface area contributed by atoms with Crippen molar-refractivity contribution in [3.63, 3.8) is 0 Å². The number of hydrogen-bond donors (Lipinski definition) is 2. The molecule has 0 aromatic heterocycles. The van der Waals surface area contributed by atoms with Crippen LogP contribution in [-0.4, -0.2) is 30.1 Å². The smallest absolute Gasteiger partial charge is 0.303 e. The van der Waals surface area contributed by atoms with Gasteiger partial charge in [-0.25, -0.2) is 0 Å². The van der Waals surface area contributed by atoms with Crippen molar-refractivity contribution in [3.05, 3.63) is 64.7 Å². The summed E-state index contributed by atoms with van der Waals surface area (Å²) in [6.07, 6.45) is 1.16. The third-order valence-corrected chi connectivity index (χ3v) is 4.03. The Balaban J connectivity index is 1.84. The van der Waals surface area contributed by atoms with Gasteiger partial charge in [-0.15, -0.1) is 0 Å². The number of benzene rings is 2. The Kier molecular flexibility index (Phi) is 7.96. The van der Waals surface area contributed by atoms with Gasteiger partial charge in [-0.3, -0.25) is 9.59 Å². The highest BCUT2D eigenvalue weighted by Gasteiger charge is 2.08. The molecule has 0 saturated carbocycles. The lowest BCUT2D eigenvalue weighted by atomic mass is 10.1. The Hall–Kier alpha value is -2.53. The van der Waals surface area contributed by atoms with Crippen LogP contribution in [0.15, 0.2) is 48.5 Å². The molecule has 2 rings (SSSR count). The van der Waals surface area contributed by atoms with E-state index in [1.165, 1.54) is 5.56 Å². The maximum absolute atomic E-state index is 11.6. The van der Waals surface area contributed by atoms with Gasteiger partial charge < -0.3 is 15.2 Å². The molecule has 2 aromatic carbocycles. The second-order valence-electron chi connectivity index (χ2n) is 5.83. The molecule has 1 amide bonds. The summed E-state index contributed by atoms with van der Waals surface area (Å²) in [5.74, 6) is -0.518. The van der Waals surface area contributed by atoms with E-state index in [1.54, 1.807) is 6.07 Å². The van der Waals surface area contributed by atoms with Crippen LogP contribution in [0.3, 0.4) is 0 Å². The summed E-state index contributed by atoms with van der Waals surface area (Å²) < 4.78 is 5.88. The first-order valence-corrected chi connectivity index (χ1v) is 8.86. The van der Waals surface area contributed by atoms with Gasteiger partial charge in [0, 0.05) is 24.4 Å². The predicted molar refractivity (Wildman–Crippen MR) is 101 cm³/mol. The van der Waals surface area contributed by atoms with Gasteiger partial charge >= 0.3 is 5.97 Å². The van der Waals surface area contributed by atoms with Gasteiger partial charge in [-0.1, -0.05) is 41.9 Å². The zero-order valence-corrected chi connectivity index (χ0v) is 15.2. The number of amides is 1. The van der Waals surface area contributed by atoms with Crippen molar-refractivity contribution >= 4 is 23.5 Å². The highest BCUT2D eigenvalue weighted by Crippen LogP contribution is 2.23. The summed E-state index contributed by atoms with van der Waals surface area (Å²) in [5, 5.41) is 11.9. The second-order valence-corrected chi connectivity index (χ2v) is 6.27. The summed E-state index contributed by atoms with van der Waals surface area (Å²) >= 11 is 6.06. The number of halogens is 1. The number of carbonyl (C=O) groups excluding carboxylic acids is 1. The first-order valence-electron chi connectivity index (χ1n) is 8.48. The average Bonchev–Trinajstić information content (AvgIpc) is 2.62. The summed E-state index contributed by atoms with van der Waals surface area (Å²) in [6, 6.07) is 15.5. The molecule has 0 unspecified atom stereocenters. The molecule has 0 spiro atoms. The van der Waals surface area contributed by atoms with Gasteiger partial charge in [0.25, 0.3) is 0 Å². The molecule has 0 heterocycles. The fourth-order valence-electron chi connectivity index (χ4n) is 2.45. The normalized spacial score (nSPS) is 10.3. The van der Waals surface area contributed by atoms with Gasteiger partial charge in [-0.05, 0) is 35.7 Å². The van der Waals surface area contributed by atoms with E-state index in [0.29, 0.717) is 24.6 Å². The van der Waals surface area contributed by atoms with Crippen LogP contribution in [0.2, 0.25) is 5.02 Å². The third kappa shape index (κ3) is 7.15. The number of hydrogen-bond acceptors (Lipinski definition) is 3. The number of ether oxygens (including phenoxy) is 1. The zero-order valence-electron chi connectivity index (χ0n) is 14.4. The lowest BCUT2D eigenvalue weighted by Crippen LogP contribution is -2.26. The molecule has 0 aliphatic heterocycles. The topological polar surface area (TPSA) is 75.6 Å². The molecule has 138 valence electrons. The van der Waals surface area contributed by atoms with E-state index in [4.69, 9.17) is 21.4 Å². The minimum Gasteiger partial charge on any atom is -0.493 e. The van der Waals surface area contributed by atoms with Crippen LogP contribution in [0, 0.1) is 0 Å². The minimum absolute atomic E-state index is 0.0225. The molecule has 0 atom stereocenters. The molecular weight excluding hydrogens is 354 g/mol. The van der Waals surface area contributed by atoms with Crippen molar-refractivity contribution in [2.75, 3.05) is 13.2 Å². The molecule has 6 heteroatoms. The van der Waals surface area contributed by atoms with Gasteiger partial charge in [-0.2, -0.15) is 0 Å². The Morgan fingerprint density at radius 3 is 2.54 bits per heavy atom. The average molecular weight is 376 g/mol. The monoisotopic (exact) mass is 375 g/mol. The first-order chi connectivity index (χ1) is 12.5. The highest BCUT2D eigenvalue weighted by molar-refractivity contribution is 6.30. The number of carboxylic acid groups (broad SMARTS) is 1. The number of nitrogens with one attached hydrogen (secondary N) is 1. The fourth-order valence-corrected chi connectivity index (χ4v) is 2.65. The van der Waals surface area contributed by atoms with Crippen molar-refractivity contribution in [1.82, 2.24) is 5.32 Å². The molecular formula is C20H22ClNO4. The Labute approximate surface area is 157 Å². The number of aliphatic carboxylic acids is 1. The van der Waals surface area contributed by atoms with Crippen molar-refractivity contribution < 1.29 is 19.4 Å². The molecule has 0 radical (unpaired) electrons. The van der Waals surface area contributed by atoms with Crippen molar-refractivity contribution in [2.45, 2.75) is 25.7 Å². The maximum Gasteiger partial charge on any atom is 0.303 e.